The molecule has 1 aromatic carbocycles. The molecule has 1 aliphatic rings. The Balaban J connectivity index is 0.00000106. The summed E-state index contributed by atoms with van der Waals surface area (Å²) in [4.78, 5) is 5.08. The van der Waals surface area contributed by atoms with Crippen molar-refractivity contribution in [2.75, 3.05) is 38.2 Å². The minimum Gasteiger partial charge on any atom is -0.497 e. The molecule has 0 saturated carbocycles. The summed E-state index contributed by atoms with van der Waals surface area (Å²) in [7, 11) is 1.71. The molecule has 21 heavy (non-hydrogen) atoms. The van der Waals surface area contributed by atoms with Crippen LogP contribution in [0.15, 0.2) is 24.3 Å². The number of rotatable bonds is 4. The second-order valence-corrected chi connectivity index (χ2v) is 5.94. The van der Waals surface area contributed by atoms with Crippen LogP contribution in [-0.4, -0.2) is 43.7 Å². The SMILES string of the molecule is CC.CCCN1CCN(c2ccc(OC)cc2)C(C)(C)C1. The number of benzene rings is 1. The zero-order chi connectivity index (χ0) is 15.9. The number of piperazine rings is 1. The quantitative estimate of drug-likeness (QED) is 0.833. The van der Waals surface area contributed by atoms with Crippen molar-refractivity contribution in [3.63, 3.8) is 0 Å². The first-order chi connectivity index (χ1) is 10.1. The first-order valence-corrected chi connectivity index (χ1v) is 8.21. The fourth-order valence-corrected chi connectivity index (χ4v) is 3.00. The lowest BCUT2D eigenvalue weighted by atomic mass is 9.97. The maximum Gasteiger partial charge on any atom is 0.119 e. The molecule has 1 aromatic rings. The Morgan fingerprint density at radius 2 is 1.71 bits per heavy atom. The molecule has 0 bridgehead atoms. The second-order valence-electron chi connectivity index (χ2n) is 5.94. The van der Waals surface area contributed by atoms with E-state index in [0.29, 0.717) is 0 Å². The molecule has 120 valence electrons. The van der Waals surface area contributed by atoms with E-state index in [4.69, 9.17) is 4.74 Å². The molecule has 3 nitrogen and oxygen atoms in total. The lowest BCUT2D eigenvalue weighted by molar-refractivity contribution is 0.183. The van der Waals surface area contributed by atoms with Gasteiger partial charge in [0.25, 0.3) is 0 Å². The van der Waals surface area contributed by atoms with Gasteiger partial charge in [0.1, 0.15) is 5.75 Å². The Morgan fingerprint density at radius 1 is 1.10 bits per heavy atom. The summed E-state index contributed by atoms with van der Waals surface area (Å²) < 4.78 is 5.23. The Labute approximate surface area is 130 Å². The van der Waals surface area contributed by atoms with Crippen LogP contribution in [0.3, 0.4) is 0 Å². The molecule has 0 radical (unpaired) electrons. The first-order valence-electron chi connectivity index (χ1n) is 8.21. The predicted molar refractivity (Wildman–Crippen MR) is 92.5 cm³/mol. The smallest absolute Gasteiger partial charge is 0.119 e. The number of methoxy groups -OCH3 is 1. The molecule has 1 fully saturated rings. The van der Waals surface area contributed by atoms with E-state index in [9.17, 15) is 0 Å². The van der Waals surface area contributed by atoms with Gasteiger partial charge in [-0.2, -0.15) is 0 Å². The van der Waals surface area contributed by atoms with E-state index in [1.54, 1.807) is 7.11 Å². The van der Waals surface area contributed by atoms with Gasteiger partial charge >= 0.3 is 0 Å². The van der Waals surface area contributed by atoms with Crippen LogP contribution in [0.2, 0.25) is 0 Å². The molecule has 0 N–H and O–H groups in total. The van der Waals surface area contributed by atoms with Gasteiger partial charge in [-0.15, -0.1) is 0 Å². The summed E-state index contributed by atoms with van der Waals surface area (Å²) >= 11 is 0. The number of hydrogen-bond donors (Lipinski definition) is 0. The van der Waals surface area contributed by atoms with E-state index in [0.717, 1.165) is 25.4 Å². The molecule has 1 aliphatic heterocycles. The molecule has 0 aromatic heterocycles. The van der Waals surface area contributed by atoms with Crippen molar-refractivity contribution < 1.29 is 4.74 Å². The van der Waals surface area contributed by atoms with Gasteiger partial charge in [-0.1, -0.05) is 20.8 Å². The van der Waals surface area contributed by atoms with E-state index in [2.05, 4.69) is 42.7 Å². The standard InChI is InChI=1S/C16H26N2O.C2H6/c1-5-10-17-11-12-18(16(2,3)13-17)14-6-8-15(19-4)9-7-14;1-2/h6-9H,5,10-13H2,1-4H3;1-2H3. The van der Waals surface area contributed by atoms with Crippen LogP contribution in [-0.2, 0) is 0 Å². The van der Waals surface area contributed by atoms with Crippen LogP contribution in [0.5, 0.6) is 5.75 Å². The molecule has 0 aliphatic carbocycles. The van der Waals surface area contributed by atoms with Crippen LogP contribution in [0.25, 0.3) is 0 Å². The van der Waals surface area contributed by atoms with Crippen molar-refractivity contribution in [1.29, 1.82) is 0 Å². The van der Waals surface area contributed by atoms with E-state index in [1.165, 1.54) is 18.7 Å². The summed E-state index contributed by atoms with van der Waals surface area (Å²) in [5.74, 6) is 0.922. The van der Waals surface area contributed by atoms with Gasteiger partial charge in [0.15, 0.2) is 0 Å². The molecule has 0 atom stereocenters. The van der Waals surface area contributed by atoms with Gasteiger partial charge in [0.05, 0.1) is 7.11 Å². The van der Waals surface area contributed by atoms with Crippen molar-refractivity contribution in [3.8, 4) is 5.75 Å². The lowest BCUT2D eigenvalue weighted by Gasteiger charge is -2.48. The molecule has 0 amide bonds. The Bertz CT molecular complexity index is 400. The molecule has 0 spiro atoms. The topological polar surface area (TPSA) is 15.7 Å². The zero-order valence-electron chi connectivity index (χ0n) is 14.6. The average molecular weight is 292 g/mol. The highest BCUT2D eigenvalue weighted by Gasteiger charge is 2.33. The van der Waals surface area contributed by atoms with Crippen LogP contribution in [0.1, 0.15) is 41.0 Å². The molecule has 2 rings (SSSR count). The number of ether oxygens (including phenoxy) is 1. The Hall–Kier alpha value is -1.22. The molecule has 3 heteroatoms. The normalized spacial score (nSPS) is 17.9. The van der Waals surface area contributed by atoms with Gasteiger partial charge in [0, 0.05) is 30.9 Å². The van der Waals surface area contributed by atoms with Crippen molar-refractivity contribution in [2.24, 2.45) is 0 Å². The van der Waals surface area contributed by atoms with Gasteiger partial charge in [0.2, 0.25) is 0 Å². The summed E-state index contributed by atoms with van der Waals surface area (Å²) in [5.41, 5.74) is 1.48. The minimum absolute atomic E-state index is 0.183. The maximum atomic E-state index is 5.23. The molecule has 1 heterocycles. The highest BCUT2D eigenvalue weighted by molar-refractivity contribution is 5.51. The van der Waals surface area contributed by atoms with Gasteiger partial charge < -0.3 is 9.64 Å². The van der Waals surface area contributed by atoms with Crippen LogP contribution in [0, 0.1) is 0 Å². The zero-order valence-corrected chi connectivity index (χ0v) is 14.6. The molecular weight excluding hydrogens is 260 g/mol. The first kappa shape index (κ1) is 17.8. The number of nitrogens with zero attached hydrogens (tertiary/aromatic N) is 2. The third kappa shape index (κ3) is 4.63. The van der Waals surface area contributed by atoms with Gasteiger partial charge in [-0.25, -0.2) is 0 Å². The van der Waals surface area contributed by atoms with Crippen molar-refractivity contribution in [1.82, 2.24) is 4.90 Å². The van der Waals surface area contributed by atoms with Crippen molar-refractivity contribution >= 4 is 5.69 Å². The summed E-state index contributed by atoms with van der Waals surface area (Å²) in [6.07, 6.45) is 1.23. The van der Waals surface area contributed by atoms with Crippen LogP contribution < -0.4 is 9.64 Å². The molecular formula is C18H32N2O. The van der Waals surface area contributed by atoms with Crippen LogP contribution in [0.4, 0.5) is 5.69 Å². The average Bonchev–Trinajstić information content (AvgIpc) is 2.49. The van der Waals surface area contributed by atoms with E-state index >= 15 is 0 Å². The fourth-order valence-electron chi connectivity index (χ4n) is 3.00. The van der Waals surface area contributed by atoms with Crippen LogP contribution >= 0.6 is 0 Å². The van der Waals surface area contributed by atoms with E-state index < -0.39 is 0 Å². The number of hydrogen-bond acceptors (Lipinski definition) is 3. The predicted octanol–water partition coefficient (Wildman–Crippen LogP) is 4.03. The third-order valence-electron chi connectivity index (χ3n) is 3.91. The molecule has 0 unspecified atom stereocenters. The monoisotopic (exact) mass is 292 g/mol. The van der Waals surface area contributed by atoms with E-state index in [1.807, 2.05) is 26.0 Å². The summed E-state index contributed by atoms with van der Waals surface area (Å²) in [6.45, 7) is 15.5. The fraction of sp³-hybridized carbons (Fsp3) is 0.667. The maximum absolute atomic E-state index is 5.23. The van der Waals surface area contributed by atoms with Gasteiger partial charge in [-0.3, -0.25) is 4.90 Å². The number of anilines is 1. The third-order valence-corrected chi connectivity index (χ3v) is 3.91. The molecule has 1 saturated heterocycles. The van der Waals surface area contributed by atoms with Crippen molar-refractivity contribution in [3.05, 3.63) is 24.3 Å². The Kier molecular flexibility index (Phi) is 7.03. The minimum atomic E-state index is 0.183. The lowest BCUT2D eigenvalue weighted by Crippen LogP contribution is -2.59. The van der Waals surface area contributed by atoms with E-state index in [-0.39, 0.29) is 5.54 Å². The highest BCUT2D eigenvalue weighted by Crippen LogP contribution is 2.29. The highest BCUT2D eigenvalue weighted by atomic mass is 16.5. The van der Waals surface area contributed by atoms with Crippen molar-refractivity contribution in [2.45, 2.75) is 46.6 Å². The summed E-state index contributed by atoms with van der Waals surface area (Å²) in [5, 5.41) is 0. The Morgan fingerprint density at radius 3 is 2.19 bits per heavy atom. The summed E-state index contributed by atoms with van der Waals surface area (Å²) in [6, 6.07) is 8.42. The van der Waals surface area contributed by atoms with Gasteiger partial charge in [-0.05, 0) is 51.1 Å². The largest absolute Gasteiger partial charge is 0.497 e. The second kappa shape index (κ2) is 8.28.